The monoisotopic (exact) mass is 458 g/mol. The van der Waals surface area contributed by atoms with Gasteiger partial charge in [-0.1, -0.05) is 97.3 Å². The summed E-state index contributed by atoms with van der Waals surface area (Å²) >= 11 is 0. The van der Waals surface area contributed by atoms with Crippen molar-refractivity contribution in [3.8, 4) is 72.1 Å². The van der Waals surface area contributed by atoms with E-state index in [-0.39, 0.29) is 0 Å². The van der Waals surface area contributed by atoms with Crippen molar-refractivity contribution in [2.45, 2.75) is 39.5 Å². The molecule has 0 heteroatoms. The minimum atomic E-state index is 0.765. The molecule has 3 aromatic rings. The molecular formula is C36H26. The Hall–Kier alpha value is -4.98. The van der Waals surface area contributed by atoms with Gasteiger partial charge in [0.25, 0.3) is 0 Å². The van der Waals surface area contributed by atoms with E-state index in [4.69, 9.17) is 12.8 Å². The summed E-state index contributed by atoms with van der Waals surface area (Å²) in [5, 5.41) is 0. The Morgan fingerprint density at radius 3 is 1.19 bits per heavy atom. The predicted octanol–water partition coefficient (Wildman–Crippen LogP) is 6.75. The van der Waals surface area contributed by atoms with Gasteiger partial charge in [-0.3, -0.25) is 0 Å². The van der Waals surface area contributed by atoms with E-state index < -0.39 is 0 Å². The van der Waals surface area contributed by atoms with E-state index in [1.165, 1.54) is 0 Å². The van der Waals surface area contributed by atoms with Crippen LogP contribution in [0.15, 0.2) is 60.7 Å². The standard InChI is InChI=1S/C36H26/c1-5-9-11-21-35-33(25-23-31-19-15-13-17-29(31)7-3)27-28-34(36(35)22-12-10-6-2)26-24-32-20-16-14-18-30(32)8-4/h3-4,13-20,27-28H,5-6,9-10H2,1-2H3. The van der Waals surface area contributed by atoms with Crippen LogP contribution in [0.25, 0.3) is 0 Å². The second-order valence-corrected chi connectivity index (χ2v) is 7.89. The van der Waals surface area contributed by atoms with Crippen molar-refractivity contribution in [1.29, 1.82) is 0 Å². The van der Waals surface area contributed by atoms with E-state index >= 15 is 0 Å². The van der Waals surface area contributed by atoms with Crippen molar-refractivity contribution >= 4 is 0 Å². The minimum absolute atomic E-state index is 0.765. The summed E-state index contributed by atoms with van der Waals surface area (Å²) in [6.07, 6.45) is 14.9. The van der Waals surface area contributed by atoms with E-state index in [1.54, 1.807) is 0 Å². The van der Waals surface area contributed by atoms with Gasteiger partial charge in [-0.15, -0.1) is 12.8 Å². The van der Waals surface area contributed by atoms with Gasteiger partial charge in [-0.2, -0.15) is 0 Å². The quantitative estimate of drug-likeness (QED) is 0.373. The molecule has 0 nitrogen and oxygen atoms in total. The van der Waals surface area contributed by atoms with Crippen LogP contribution in [-0.2, 0) is 0 Å². The molecule has 0 bridgehead atoms. The molecule has 0 aliphatic carbocycles. The molecule has 0 saturated carbocycles. The highest BCUT2D eigenvalue weighted by Crippen LogP contribution is 2.19. The zero-order valence-electron chi connectivity index (χ0n) is 20.8. The van der Waals surface area contributed by atoms with Gasteiger partial charge >= 0.3 is 0 Å². The van der Waals surface area contributed by atoms with E-state index in [9.17, 15) is 0 Å². The summed E-state index contributed by atoms with van der Waals surface area (Å²) in [5.41, 5.74) is 6.36. The Balaban J connectivity index is 2.23. The zero-order valence-corrected chi connectivity index (χ0v) is 20.8. The van der Waals surface area contributed by atoms with Crippen LogP contribution in [0, 0.1) is 72.1 Å². The fourth-order valence-corrected chi connectivity index (χ4v) is 3.33. The van der Waals surface area contributed by atoms with Gasteiger partial charge in [0.15, 0.2) is 0 Å². The third kappa shape index (κ3) is 6.77. The van der Waals surface area contributed by atoms with Crippen LogP contribution in [0.1, 0.15) is 84.0 Å². The predicted molar refractivity (Wildman–Crippen MR) is 151 cm³/mol. The Morgan fingerprint density at radius 1 is 0.472 bits per heavy atom. The molecule has 0 aromatic heterocycles. The highest BCUT2D eigenvalue weighted by atomic mass is 14.1. The molecule has 0 atom stereocenters. The van der Waals surface area contributed by atoms with E-state index in [0.29, 0.717) is 0 Å². The lowest BCUT2D eigenvalue weighted by molar-refractivity contribution is 0.982. The molecule has 0 aliphatic heterocycles. The van der Waals surface area contributed by atoms with Crippen LogP contribution in [-0.4, -0.2) is 0 Å². The van der Waals surface area contributed by atoms with Crippen molar-refractivity contribution in [2.24, 2.45) is 0 Å². The smallest absolute Gasteiger partial charge is 0.0571 e. The van der Waals surface area contributed by atoms with Gasteiger partial charge < -0.3 is 0 Å². The van der Waals surface area contributed by atoms with Crippen LogP contribution in [0.3, 0.4) is 0 Å². The van der Waals surface area contributed by atoms with Gasteiger partial charge in [0.1, 0.15) is 0 Å². The minimum Gasteiger partial charge on any atom is -0.115 e. The third-order valence-electron chi connectivity index (χ3n) is 5.21. The zero-order chi connectivity index (χ0) is 25.6. The van der Waals surface area contributed by atoms with Gasteiger partial charge in [0, 0.05) is 46.2 Å². The lowest BCUT2D eigenvalue weighted by atomic mass is 9.95. The molecule has 0 radical (unpaired) electrons. The molecule has 170 valence electrons. The lowest BCUT2D eigenvalue weighted by Crippen LogP contribution is -1.96. The number of unbranched alkanes of at least 4 members (excludes halogenated alkanes) is 2. The summed E-state index contributed by atoms with van der Waals surface area (Å²) in [5.74, 6) is 31.7. The average molecular weight is 459 g/mol. The average Bonchev–Trinajstić information content (AvgIpc) is 2.92. The van der Waals surface area contributed by atoms with Crippen molar-refractivity contribution in [3.63, 3.8) is 0 Å². The summed E-state index contributed by atoms with van der Waals surface area (Å²) in [6, 6.07) is 19.2. The van der Waals surface area contributed by atoms with Crippen molar-refractivity contribution < 1.29 is 0 Å². The molecule has 0 N–H and O–H groups in total. The maximum absolute atomic E-state index is 5.66. The van der Waals surface area contributed by atoms with Crippen molar-refractivity contribution in [2.75, 3.05) is 0 Å². The van der Waals surface area contributed by atoms with Gasteiger partial charge in [-0.25, -0.2) is 0 Å². The molecule has 0 saturated heterocycles. The topological polar surface area (TPSA) is 0 Å². The largest absolute Gasteiger partial charge is 0.115 e. The first-order valence-corrected chi connectivity index (χ1v) is 12.0. The normalized spacial score (nSPS) is 8.89. The number of hydrogen-bond acceptors (Lipinski definition) is 0. The molecule has 0 amide bonds. The third-order valence-corrected chi connectivity index (χ3v) is 5.21. The second kappa shape index (κ2) is 13.7. The SMILES string of the molecule is C#Cc1ccccc1C#Cc1ccc(C#Cc2ccccc2C#C)c(C#CCCC)c1C#CCCC. The summed E-state index contributed by atoms with van der Waals surface area (Å²) in [4.78, 5) is 0. The first-order chi connectivity index (χ1) is 17.7. The van der Waals surface area contributed by atoms with E-state index in [0.717, 1.165) is 70.2 Å². The number of rotatable bonds is 2. The van der Waals surface area contributed by atoms with Crippen molar-refractivity contribution in [1.82, 2.24) is 0 Å². The maximum atomic E-state index is 5.66. The second-order valence-electron chi connectivity index (χ2n) is 7.89. The highest BCUT2D eigenvalue weighted by molar-refractivity contribution is 5.67. The van der Waals surface area contributed by atoms with E-state index in [2.05, 4.69) is 73.1 Å². The molecular weight excluding hydrogens is 432 g/mol. The maximum Gasteiger partial charge on any atom is 0.0571 e. The molecule has 0 spiro atoms. The Bertz CT molecular complexity index is 1460. The van der Waals surface area contributed by atoms with Gasteiger partial charge in [0.2, 0.25) is 0 Å². The van der Waals surface area contributed by atoms with Gasteiger partial charge in [-0.05, 0) is 49.2 Å². The van der Waals surface area contributed by atoms with Crippen LogP contribution >= 0.6 is 0 Å². The summed E-state index contributed by atoms with van der Waals surface area (Å²) in [6.45, 7) is 4.22. The molecule has 3 aromatic carbocycles. The highest BCUT2D eigenvalue weighted by Gasteiger charge is 2.09. The fourth-order valence-electron chi connectivity index (χ4n) is 3.33. The molecule has 0 heterocycles. The first-order valence-electron chi connectivity index (χ1n) is 12.0. The summed E-state index contributed by atoms with van der Waals surface area (Å²) < 4.78 is 0. The summed E-state index contributed by atoms with van der Waals surface area (Å²) in [7, 11) is 0. The first kappa shape index (κ1) is 25.6. The lowest BCUT2D eigenvalue weighted by Gasteiger charge is -2.05. The van der Waals surface area contributed by atoms with Crippen LogP contribution in [0.4, 0.5) is 0 Å². The fraction of sp³-hybridized carbons (Fsp3) is 0.167. The molecule has 0 aliphatic rings. The molecule has 0 fully saturated rings. The van der Waals surface area contributed by atoms with Crippen molar-refractivity contribution in [3.05, 3.63) is 105 Å². The Labute approximate surface area is 216 Å². The molecule has 0 unspecified atom stereocenters. The van der Waals surface area contributed by atoms with Crippen LogP contribution < -0.4 is 0 Å². The van der Waals surface area contributed by atoms with Crippen LogP contribution in [0.5, 0.6) is 0 Å². The number of hydrogen-bond donors (Lipinski definition) is 0. The van der Waals surface area contributed by atoms with E-state index in [1.807, 2.05) is 60.7 Å². The molecule has 3 rings (SSSR count). The van der Waals surface area contributed by atoms with Gasteiger partial charge in [0.05, 0.1) is 11.1 Å². The Morgan fingerprint density at radius 2 is 0.833 bits per heavy atom. The van der Waals surface area contributed by atoms with Crippen LogP contribution in [0.2, 0.25) is 0 Å². The number of benzene rings is 3. The molecule has 36 heavy (non-hydrogen) atoms. The Kier molecular flexibility index (Phi) is 9.73. The number of terminal acetylenes is 2.